The smallest absolute Gasteiger partial charge is 0.208 e. The van der Waals surface area contributed by atoms with Crippen molar-refractivity contribution in [3.8, 4) is 11.4 Å². The first kappa shape index (κ1) is 15.4. The Morgan fingerprint density at radius 1 is 0.955 bits per heavy atom. The Balaban J connectivity index is 1.97. The highest BCUT2D eigenvalue weighted by molar-refractivity contribution is 7.98. The minimum Gasteiger partial charge on any atom is -0.240 e. The van der Waals surface area contributed by atoms with E-state index in [0.29, 0.717) is 11.6 Å². The summed E-state index contributed by atoms with van der Waals surface area (Å²) in [6.45, 7) is 0.642. The van der Waals surface area contributed by atoms with Crippen LogP contribution in [0.1, 0.15) is 5.56 Å². The van der Waals surface area contributed by atoms with E-state index in [1.54, 1.807) is 0 Å². The van der Waals surface area contributed by atoms with Crippen molar-refractivity contribution in [1.29, 1.82) is 0 Å². The van der Waals surface area contributed by atoms with Crippen molar-refractivity contribution >= 4 is 35.0 Å². The lowest BCUT2D eigenvalue weighted by atomic mass is 10.2. The molecule has 1 heterocycles. The van der Waals surface area contributed by atoms with Gasteiger partial charge in [0.25, 0.3) is 0 Å². The number of benzene rings is 2. The highest BCUT2D eigenvalue weighted by Gasteiger charge is 2.12. The first-order valence-electron chi connectivity index (χ1n) is 6.65. The van der Waals surface area contributed by atoms with Gasteiger partial charge in [0.15, 0.2) is 5.82 Å². The Bertz CT molecular complexity index is 767. The van der Waals surface area contributed by atoms with E-state index in [2.05, 4.69) is 10.1 Å². The minimum atomic E-state index is 0.642. The molecule has 0 saturated carbocycles. The molecule has 2 aromatic carbocycles. The first-order chi connectivity index (χ1) is 10.7. The van der Waals surface area contributed by atoms with Crippen LogP contribution in [0.4, 0.5) is 0 Å². The second-order valence-corrected chi connectivity index (χ2v) is 6.36. The van der Waals surface area contributed by atoms with Crippen LogP contribution in [-0.2, 0) is 6.54 Å². The minimum absolute atomic E-state index is 0.642. The molecule has 0 atom stereocenters. The van der Waals surface area contributed by atoms with E-state index < -0.39 is 0 Å². The summed E-state index contributed by atoms with van der Waals surface area (Å²) in [7, 11) is 0. The van der Waals surface area contributed by atoms with Gasteiger partial charge in [-0.15, -0.1) is 5.10 Å². The molecule has 0 bridgehead atoms. The highest BCUT2D eigenvalue weighted by atomic mass is 35.5. The normalized spacial score (nSPS) is 10.9. The molecule has 6 heteroatoms. The van der Waals surface area contributed by atoms with E-state index >= 15 is 0 Å². The molecule has 0 saturated heterocycles. The van der Waals surface area contributed by atoms with Crippen LogP contribution in [0.25, 0.3) is 11.4 Å². The van der Waals surface area contributed by atoms with E-state index in [9.17, 15) is 0 Å². The number of thioether (sulfide) groups is 1. The van der Waals surface area contributed by atoms with Crippen molar-refractivity contribution in [3.05, 3.63) is 64.1 Å². The lowest BCUT2D eigenvalue weighted by molar-refractivity contribution is 0.673. The van der Waals surface area contributed by atoms with E-state index in [-0.39, 0.29) is 0 Å². The van der Waals surface area contributed by atoms with Gasteiger partial charge in [-0.05, 0) is 48.2 Å². The van der Waals surface area contributed by atoms with Gasteiger partial charge in [-0.25, -0.2) is 9.67 Å². The molecule has 3 aromatic rings. The fraction of sp³-hybridized carbons (Fsp3) is 0.125. The molecule has 0 aliphatic heterocycles. The highest BCUT2D eigenvalue weighted by Crippen LogP contribution is 2.23. The van der Waals surface area contributed by atoms with Crippen LogP contribution in [0.2, 0.25) is 10.0 Å². The Kier molecular flexibility index (Phi) is 4.71. The third kappa shape index (κ3) is 3.46. The van der Waals surface area contributed by atoms with Crippen LogP contribution in [0.5, 0.6) is 0 Å². The maximum absolute atomic E-state index is 5.96. The van der Waals surface area contributed by atoms with Gasteiger partial charge in [0, 0.05) is 15.6 Å². The summed E-state index contributed by atoms with van der Waals surface area (Å²) in [6.07, 6.45) is 1.97. The first-order valence-corrected chi connectivity index (χ1v) is 8.63. The maximum Gasteiger partial charge on any atom is 0.208 e. The zero-order valence-electron chi connectivity index (χ0n) is 11.8. The lowest BCUT2D eigenvalue weighted by Crippen LogP contribution is -2.04. The molecule has 112 valence electrons. The largest absolute Gasteiger partial charge is 0.240 e. The van der Waals surface area contributed by atoms with Gasteiger partial charge in [-0.1, -0.05) is 47.1 Å². The van der Waals surface area contributed by atoms with Gasteiger partial charge < -0.3 is 0 Å². The standard InChI is InChI=1S/C16H13Cl2N3S/c1-22-16-19-15(12-4-8-14(18)9-5-12)21(20-16)10-11-2-6-13(17)7-3-11/h2-9H,10H2,1H3. The SMILES string of the molecule is CSc1nc(-c2ccc(Cl)cc2)n(Cc2ccc(Cl)cc2)n1. The summed E-state index contributed by atoms with van der Waals surface area (Å²) in [5.41, 5.74) is 2.11. The van der Waals surface area contributed by atoms with Gasteiger partial charge in [0.1, 0.15) is 0 Å². The summed E-state index contributed by atoms with van der Waals surface area (Å²) in [4.78, 5) is 4.59. The van der Waals surface area contributed by atoms with E-state index in [1.807, 2.05) is 59.5 Å². The van der Waals surface area contributed by atoms with Crippen LogP contribution in [-0.4, -0.2) is 21.0 Å². The Morgan fingerprint density at radius 3 is 2.14 bits per heavy atom. The summed E-state index contributed by atoms with van der Waals surface area (Å²) in [5.74, 6) is 0.830. The summed E-state index contributed by atoms with van der Waals surface area (Å²) >= 11 is 13.4. The molecule has 0 unspecified atom stereocenters. The van der Waals surface area contributed by atoms with Gasteiger partial charge in [-0.3, -0.25) is 0 Å². The van der Waals surface area contributed by atoms with Crippen LogP contribution >= 0.6 is 35.0 Å². The number of hydrogen-bond acceptors (Lipinski definition) is 3. The second kappa shape index (κ2) is 6.73. The van der Waals surface area contributed by atoms with Gasteiger partial charge in [0.05, 0.1) is 6.54 Å². The maximum atomic E-state index is 5.96. The van der Waals surface area contributed by atoms with Crippen LogP contribution in [0.3, 0.4) is 0 Å². The molecule has 0 aliphatic carbocycles. The fourth-order valence-corrected chi connectivity index (χ4v) is 2.70. The van der Waals surface area contributed by atoms with Gasteiger partial charge >= 0.3 is 0 Å². The van der Waals surface area contributed by atoms with Gasteiger partial charge in [-0.2, -0.15) is 0 Å². The van der Waals surface area contributed by atoms with Crippen molar-refractivity contribution in [2.24, 2.45) is 0 Å². The Labute approximate surface area is 143 Å². The van der Waals surface area contributed by atoms with Crippen LogP contribution in [0.15, 0.2) is 53.7 Å². The molecule has 0 N–H and O–H groups in total. The van der Waals surface area contributed by atoms with E-state index in [0.717, 1.165) is 27.1 Å². The van der Waals surface area contributed by atoms with Crippen molar-refractivity contribution < 1.29 is 0 Å². The molecule has 0 fully saturated rings. The summed E-state index contributed by atoms with van der Waals surface area (Å²) in [6, 6.07) is 15.4. The second-order valence-electron chi connectivity index (χ2n) is 4.71. The molecule has 22 heavy (non-hydrogen) atoms. The van der Waals surface area contributed by atoms with Crippen molar-refractivity contribution in [3.63, 3.8) is 0 Å². The lowest BCUT2D eigenvalue weighted by Gasteiger charge is -2.06. The average Bonchev–Trinajstić information content (AvgIpc) is 2.93. The number of aromatic nitrogens is 3. The number of halogens is 2. The summed E-state index contributed by atoms with van der Waals surface area (Å²) < 4.78 is 1.90. The molecule has 1 aromatic heterocycles. The number of nitrogens with zero attached hydrogens (tertiary/aromatic N) is 3. The molecule has 3 nitrogen and oxygen atoms in total. The summed E-state index contributed by atoms with van der Waals surface area (Å²) in [5, 5.41) is 6.73. The van der Waals surface area contributed by atoms with E-state index in [1.165, 1.54) is 11.8 Å². The zero-order valence-corrected chi connectivity index (χ0v) is 14.2. The number of hydrogen-bond donors (Lipinski definition) is 0. The quantitative estimate of drug-likeness (QED) is 0.619. The van der Waals surface area contributed by atoms with Crippen molar-refractivity contribution in [2.75, 3.05) is 6.26 Å². The Hall–Kier alpha value is -1.49. The number of rotatable bonds is 4. The molecule has 0 spiro atoms. The predicted octanol–water partition coefficient (Wildman–Crippen LogP) is 5.02. The molecule has 0 radical (unpaired) electrons. The monoisotopic (exact) mass is 349 g/mol. The average molecular weight is 350 g/mol. The predicted molar refractivity (Wildman–Crippen MR) is 92.8 cm³/mol. The van der Waals surface area contributed by atoms with Crippen LogP contribution < -0.4 is 0 Å². The van der Waals surface area contributed by atoms with Crippen LogP contribution in [0, 0.1) is 0 Å². The topological polar surface area (TPSA) is 30.7 Å². The fourth-order valence-electron chi connectivity index (χ4n) is 2.09. The third-order valence-corrected chi connectivity index (χ3v) is 4.22. The molecular weight excluding hydrogens is 337 g/mol. The van der Waals surface area contributed by atoms with Crippen molar-refractivity contribution in [1.82, 2.24) is 14.8 Å². The molecular formula is C16H13Cl2N3S. The van der Waals surface area contributed by atoms with Crippen molar-refractivity contribution in [2.45, 2.75) is 11.7 Å². The third-order valence-electron chi connectivity index (χ3n) is 3.18. The van der Waals surface area contributed by atoms with E-state index in [4.69, 9.17) is 23.2 Å². The van der Waals surface area contributed by atoms with Gasteiger partial charge in [0.2, 0.25) is 5.16 Å². The molecule has 0 aliphatic rings. The molecule has 3 rings (SSSR count). The zero-order chi connectivity index (χ0) is 15.5. The Morgan fingerprint density at radius 2 is 1.55 bits per heavy atom. The molecule has 0 amide bonds.